The molecule has 0 saturated carbocycles. The highest BCUT2D eigenvalue weighted by molar-refractivity contribution is 5.80. The van der Waals surface area contributed by atoms with Crippen LogP contribution in [0.15, 0.2) is 12.3 Å². The molecular weight excluding hydrogens is 224 g/mol. The number of unbranched alkanes of at least 4 members (excludes halogenated alkanes) is 4. The number of carbonyl (C=O) groups excluding carboxylic acids is 1. The summed E-state index contributed by atoms with van der Waals surface area (Å²) in [5.41, 5.74) is 0.905. The molecule has 0 N–H and O–H groups in total. The van der Waals surface area contributed by atoms with Crippen LogP contribution in [0.2, 0.25) is 0 Å². The summed E-state index contributed by atoms with van der Waals surface area (Å²) in [6.07, 6.45) is 9.16. The third-order valence-electron chi connectivity index (χ3n) is 3.13. The zero-order valence-electron chi connectivity index (χ0n) is 12.0. The highest BCUT2D eigenvalue weighted by Gasteiger charge is 2.07. The van der Waals surface area contributed by atoms with E-state index in [4.69, 9.17) is 0 Å². The molecule has 0 aliphatic heterocycles. The Balaban J connectivity index is 2.22. The second-order valence-electron chi connectivity index (χ2n) is 5.26. The molecule has 1 rings (SSSR count). The van der Waals surface area contributed by atoms with Gasteiger partial charge in [-0.1, -0.05) is 32.6 Å². The molecule has 18 heavy (non-hydrogen) atoms. The van der Waals surface area contributed by atoms with E-state index in [1.165, 1.54) is 25.7 Å². The third-order valence-corrected chi connectivity index (χ3v) is 3.13. The molecule has 0 spiro atoms. The fourth-order valence-corrected chi connectivity index (χ4v) is 1.98. The van der Waals surface area contributed by atoms with Gasteiger partial charge in [0.2, 0.25) is 0 Å². The number of ketones is 1. The fraction of sp³-hybridized carbons (Fsp3) is 0.733. The van der Waals surface area contributed by atoms with Crippen LogP contribution in [0.3, 0.4) is 0 Å². The number of aromatic nitrogens is 2. The molecule has 102 valence electrons. The minimum absolute atomic E-state index is 0.320. The molecule has 1 heterocycles. The summed E-state index contributed by atoms with van der Waals surface area (Å²) < 4.78 is 1.91. The summed E-state index contributed by atoms with van der Waals surface area (Å²) in [6.45, 7) is 6.38. The van der Waals surface area contributed by atoms with Gasteiger partial charge in [0, 0.05) is 18.7 Å². The molecule has 0 saturated heterocycles. The van der Waals surface area contributed by atoms with Crippen LogP contribution in [0.25, 0.3) is 0 Å². The minimum Gasteiger partial charge on any atom is -0.299 e. The Labute approximate surface area is 111 Å². The lowest BCUT2D eigenvalue weighted by Crippen LogP contribution is -2.06. The van der Waals surface area contributed by atoms with E-state index < -0.39 is 0 Å². The SMILES string of the molecule is CCCCCCCC(=O)Cc1ccn(C(C)C)n1. The summed E-state index contributed by atoms with van der Waals surface area (Å²) >= 11 is 0. The van der Waals surface area contributed by atoms with E-state index in [1.54, 1.807) is 0 Å². The van der Waals surface area contributed by atoms with Gasteiger partial charge in [-0.25, -0.2) is 0 Å². The quantitative estimate of drug-likeness (QED) is 0.622. The maximum Gasteiger partial charge on any atom is 0.138 e. The predicted octanol–water partition coefficient (Wildman–Crippen LogP) is 3.94. The van der Waals surface area contributed by atoms with Crippen LogP contribution < -0.4 is 0 Å². The first-order valence-corrected chi connectivity index (χ1v) is 7.19. The lowest BCUT2D eigenvalue weighted by molar-refractivity contribution is -0.118. The van der Waals surface area contributed by atoms with Crippen molar-refractivity contribution in [2.24, 2.45) is 0 Å². The van der Waals surface area contributed by atoms with Gasteiger partial charge < -0.3 is 0 Å². The number of nitrogens with zero attached hydrogens (tertiary/aromatic N) is 2. The van der Waals surface area contributed by atoms with Crippen LogP contribution in [-0.2, 0) is 11.2 Å². The molecule has 0 bridgehead atoms. The second-order valence-corrected chi connectivity index (χ2v) is 5.26. The van der Waals surface area contributed by atoms with E-state index in [1.807, 2.05) is 16.9 Å². The van der Waals surface area contributed by atoms with Gasteiger partial charge in [-0.15, -0.1) is 0 Å². The predicted molar refractivity (Wildman–Crippen MR) is 74.7 cm³/mol. The van der Waals surface area contributed by atoms with Crippen LogP contribution in [0.1, 0.15) is 71.0 Å². The van der Waals surface area contributed by atoms with Crippen molar-refractivity contribution in [1.82, 2.24) is 9.78 Å². The lowest BCUT2D eigenvalue weighted by Gasteiger charge is -2.03. The van der Waals surface area contributed by atoms with Crippen LogP contribution in [-0.4, -0.2) is 15.6 Å². The highest BCUT2D eigenvalue weighted by Crippen LogP contribution is 2.09. The summed E-state index contributed by atoms with van der Waals surface area (Å²) in [5.74, 6) is 0.320. The summed E-state index contributed by atoms with van der Waals surface area (Å²) in [6, 6.07) is 2.32. The molecule has 0 amide bonds. The fourth-order valence-electron chi connectivity index (χ4n) is 1.98. The molecule has 0 aliphatic rings. The molecule has 0 aromatic carbocycles. The van der Waals surface area contributed by atoms with Crippen LogP contribution in [0, 0.1) is 0 Å². The van der Waals surface area contributed by atoms with Crippen LogP contribution in [0.4, 0.5) is 0 Å². The molecule has 1 aromatic rings. The van der Waals surface area contributed by atoms with Gasteiger partial charge in [0.25, 0.3) is 0 Å². The van der Waals surface area contributed by atoms with Gasteiger partial charge >= 0.3 is 0 Å². The minimum atomic E-state index is 0.320. The van der Waals surface area contributed by atoms with Gasteiger partial charge in [0.1, 0.15) is 5.78 Å². The van der Waals surface area contributed by atoms with E-state index in [9.17, 15) is 4.79 Å². The molecule has 3 nitrogen and oxygen atoms in total. The first-order valence-electron chi connectivity index (χ1n) is 7.19. The Hall–Kier alpha value is -1.12. The average Bonchev–Trinajstić information content (AvgIpc) is 2.77. The maximum absolute atomic E-state index is 11.8. The van der Waals surface area contributed by atoms with E-state index in [-0.39, 0.29) is 0 Å². The summed E-state index contributed by atoms with van der Waals surface area (Å²) in [7, 11) is 0. The molecule has 0 unspecified atom stereocenters. The number of Topliss-reactive ketones (excluding diaryl/α,β-unsaturated/α-hetero) is 1. The molecular formula is C15H26N2O. The molecule has 0 aliphatic carbocycles. The number of hydrogen-bond acceptors (Lipinski definition) is 2. The first-order chi connectivity index (χ1) is 8.63. The van der Waals surface area contributed by atoms with Gasteiger partial charge in [0.05, 0.1) is 12.1 Å². The molecule has 1 aromatic heterocycles. The Bertz CT molecular complexity index is 355. The smallest absolute Gasteiger partial charge is 0.138 e. The van der Waals surface area contributed by atoms with Crippen LogP contribution >= 0.6 is 0 Å². The summed E-state index contributed by atoms with van der Waals surface area (Å²) in [4.78, 5) is 11.8. The zero-order chi connectivity index (χ0) is 13.4. The normalized spacial score (nSPS) is 11.1. The standard InChI is InChI=1S/C15H26N2O/c1-4-5-6-7-8-9-15(18)12-14-10-11-17(16-14)13(2)3/h10-11,13H,4-9,12H2,1-3H3. The third kappa shape index (κ3) is 5.48. The van der Waals surface area contributed by atoms with E-state index in [0.29, 0.717) is 24.7 Å². The van der Waals surface area contributed by atoms with Gasteiger partial charge in [-0.2, -0.15) is 5.10 Å². The Morgan fingerprint density at radius 3 is 2.61 bits per heavy atom. The Morgan fingerprint density at radius 1 is 1.28 bits per heavy atom. The van der Waals surface area contributed by atoms with Crippen molar-refractivity contribution in [2.75, 3.05) is 0 Å². The number of hydrogen-bond donors (Lipinski definition) is 0. The van der Waals surface area contributed by atoms with Crippen molar-refractivity contribution in [3.63, 3.8) is 0 Å². The zero-order valence-corrected chi connectivity index (χ0v) is 12.0. The largest absolute Gasteiger partial charge is 0.299 e. The number of rotatable bonds is 9. The molecule has 0 radical (unpaired) electrons. The summed E-state index contributed by atoms with van der Waals surface area (Å²) in [5, 5.41) is 4.40. The topological polar surface area (TPSA) is 34.9 Å². The highest BCUT2D eigenvalue weighted by atomic mass is 16.1. The van der Waals surface area contributed by atoms with E-state index in [2.05, 4.69) is 25.9 Å². The van der Waals surface area contributed by atoms with Crippen molar-refractivity contribution in [2.45, 2.75) is 71.8 Å². The molecule has 0 atom stereocenters. The Kier molecular flexibility index (Phi) is 6.69. The van der Waals surface area contributed by atoms with Gasteiger partial charge in [-0.3, -0.25) is 9.48 Å². The van der Waals surface area contributed by atoms with Crippen molar-refractivity contribution >= 4 is 5.78 Å². The van der Waals surface area contributed by atoms with E-state index >= 15 is 0 Å². The van der Waals surface area contributed by atoms with Crippen molar-refractivity contribution in [1.29, 1.82) is 0 Å². The lowest BCUT2D eigenvalue weighted by atomic mass is 10.1. The molecule has 0 fully saturated rings. The Morgan fingerprint density at radius 2 is 2.00 bits per heavy atom. The average molecular weight is 250 g/mol. The van der Waals surface area contributed by atoms with E-state index in [0.717, 1.165) is 12.1 Å². The first kappa shape index (κ1) is 14.9. The van der Waals surface area contributed by atoms with Crippen LogP contribution in [0.5, 0.6) is 0 Å². The van der Waals surface area contributed by atoms with Crippen molar-refractivity contribution in [3.8, 4) is 0 Å². The van der Waals surface area contributed by atoms with Gasteiger partial charge in [0.15, 0.2) is 0 Å². The molecule has 3 heteroatoms. The second kappa shape index (κ2) is 8.06. The number of carbonyl (C=O) groups is 1. The van der Waals surface area contributed by atoms with Gasteiger partial charge in [-0.05, 0) is 26.3 Å². The van der Waals surface area contributed by atoms with Crippen molar-refractivity contribution < 1.29 is 4.79 Å². The maximum atomic E-state index is 11.8. The monoisotopic (exact) mass is 250 g/mol. The van der Waals surface area contributed by atoms with Crippen molar-refractivity contribution in [3.05, 3.63) is 18.0 Å².